The average Bonchev–Trinajstić information content (AvgIpc) is 3.36. The van der Waals surface area contributed by atoms with Gasteiger partial charge in [0.05, 0.1) is 18.5 Å². The number of hydrogen-bond donors (Lipinski definition) is 0. The third-order valence-electron chi connectivity index (χ3n) is 4.81. The normalized spacial score (nSPS) is 11.4. The summed E-state index contributed by atoms with van der Waals surface area (Å²) in [6.07, 6.45) is 1.36. The van der Waals surface area contributed by atoms with Crippen molar-refractivity contribution in [2.24, 2.45) is 0 Å². The topological polar surface area (TPSA) is 44.1 Å². The van der Waals surface area contributed by atoms with E-state index in [1.54, 1.807) is 40.4 Å². The van der Waals surface area contributed by atoms with Crippen LogP contribution in [0.1, 0.15) is 23.2 Å². The van der Waals surface area contributed by atoms with Crippen LogP contribution >= 0.6 is 22.7 Å². The Hall–Kier alpha value is -2.35. The summed E-state index contributed by atoms with van der Waals surface area (Å²) in [5.74, 6) is 0.348. The molecule has 0 N–H and O–H groups in total. The first kappa shape index (κ1) is 19.9. The van der Waals surface area contributed by atoms with Crippen LogP contribution in [0, 0.1) is 5.82 Å². The number of aromatic nitrogens is 2. The van der Waals surface area contributed by atoms with Gasteiger partial charge in [0.15, 0.2) is 0 Å². The van der Waals surface area contributed by atoms with Crippen molar-refractivity contribution < 1.29 is 9.13 Å². The van der Waals surface area contributed by atoms with Gasteiger partial charge in [-0.25, -0.2) is 9.37 Å². The summed E-state index contributed by atoms with van der Waals surface area (Å²) in [5, 5.41) is 2.68. The number of ether oxygens (including phenoxy) is 1. The minimum Gasteiger partial charge on any atom is -0.384 e. The Morgan fingerprint density at radius 1 is 1.24 bits per heavy atom. The molecule has 0 aliphatic heterocycles. The molecule has 4 aromatic rings. The molecule has 0 saturated heterocycles. The Labute approximate surface area is 176 Å². The minimum absolute atomic E-state index is 0.0790. The monoisotopic (exact) mass is 428 g/mol. The highest BCUT2D eigenvalue weighted by Gasteiger charge is 2.21. The second kappa shape index (κ2) is 8.57. The van der Waals surface area contributed by atoms with Gasteiger partial charge < -0.3 is 4.74 Å². The van der Waals surface area contributed by atoms with E-state index >= 15 is 0 Å². The van der Waals surface area contributed by atoms with Gasteiger partial charge in [-0.1, -0.05) is 25.1 Å². The zero-order chi connectivity index (χ0) is 20.4. The largest absolute Gasteiger partial charge is 0.384 e. The summed E-state index contributed by atoms with van der Waals surface area (Å²) < 4.78 is 20.6. The Morgan fingerprint density at radius 3 is 2.79 bits per heavy atom. The fraction of sp³-hybridized carbons (Fsp3) is 0.273. The predicted molar refractivity (Wildman–Crippen MR) is 118 cm³/mol. The van der Waals surface area contributed by atoms with Gasteiger partial charge in [-0.15, -0.1) is 22.7 Å². The summed E-state index contributed by atoms with van der Waals surface area (Å²) in [5.41, 5.74) is 1.64. The highest BCUT2D eigenvalue weighted by molar-refractivity contribution is 7.20. The summed E-state index contributed by atoms with van der Waals surface area (Å²) in [6.45, 7) is 2.84. The van der Waals surface area contributed by atoms with E-state index in [9.17, 15) is 9.18 Å². The summed E-state index contributed by atoms with van der Waals surface area (Å²) >= 11 is 3.21. The molecule has 1 aromatic carbocycles. The van der Waals surface area contributed by atoms with Crippen molar-refractivity contribution in [3.8, 4) is 10.4 Å². The first-order chi connectivity index (χ1) is 14.1. The highest BCUT2D eigenvalue weighted by Crippen LogP contribution is 2.38. The standard InChI is InChI=1S/C22H21FN2O2S2/c1-3-16-19(17-8-5-11-28-17)20-21(29-16)24-18(9-10-27-2)25(22(20)26)13-14-6-4-7-15(23)12-14/h4-8,11-12H,3,9-10,13H2,1-2H3. The van der Waals surface area contributed by atoms with Gasteiger partial charge in [-0.05, 0) is 35.6 Å². The quantitative estimate of drug-likeness (QED) is 0.410. The van der Waals surface area contributed by atoms with Crippen molar-refractivity contribution >= 4 is 32.9 Å². The van der Waals surface area contributed by atoms with Crippen LogP contribution in [-0.2, 0) is 24.1 Å². The lowest BCUT2D eigenvalue weighted by molar-refractivity contribution is 0.199. The summed E-state index contributed by atoms with van der Waals surface area (Å²) in [6, 6.07) is 10.4. The van der Waals surface area contributed by atoms with Gasteiger partial charge in [0.1, 0.15) is 16.5 Å². The van der Waals surface area contributed by atoms with E-state index < -0.39 is 0 Å². The molecule has 3 heterocycles. The number of aryl methyl sites for hydroxylation is 1. The van der Waals surface area contributed by atoms with Crippen molar-refractivity contribution in [3.63, 3.8) is 0 Å². The van der Waals surface area contributed by atoms with Crippen LogP contribution in [-0.4, -0.2) is 23.3 Å². The van der Waals surface area contributed by atoms with Crippen molar-refractivity contribution in [1.29, 1.82) is 0 Å². The molecular weight excluding hydrogens is 407 g/mol. The van der Waals surface area contributed by atoms with E-state index in [1.807, 2.05) is 23.6 Å². The fourth-order valence-electron chi connectivity index (χ4n) is 3.47. The second-order valence-corrected chi connectivity index (χ2v) is 8.73. The zero-order valence-corrected chi connectivity index (χ0v) is 17.9. The molecule has 0 atom stereocenters. The first-order valence-corrected chi connectivity index (χ1v) is 11.1. The maximum absolute atomic E-state index is 13.7. The molecule has 0 aliphatic rings. The third kappa shape index (κ3) is 3.90. The van der Waals surface area contributed by atoms with Crippen LogP contribution in [0.25, 0.3) is 20.7 Å². The number of hydrogen-bond acceptors (Lipinski definition) is 5. The van der Waals surface area contributed by atoms with Crippen molar-refractivity contribution in [2.75, 3.05) is 13.7 Å². The molecule has 0 bridgehead atoms. The van der Waals surface area contributed by atoms with Crippen LogP contribution in [0.5, 0.6) is 0 Å². The van der Waals surface area contributed by atoms with Crippen molar-refractivity contribution in [1.82, 2.24) is 9.55 Å². The molecule has 0 radical (unpaired) electrons. The number of thiophene rings is 2. The van der Waals surface area contributed by atoms with Gasteiger partial charge in [0.25, 0.3) is 5.56 Å². The number of rotatable bonds is 7. The van der Waals surface area contributed by atoms with Crippen LogP contribution in [0.15, 0.2) is 46.6 Å². The minimum atomic E-state index is -0.314. The Kier molecular flexibility index (Phi) is 5.89. The molecule has 7 heteroatoms. The second-order valence-electron chi connectivity index (χ2n) is 6.70. The SMILES string of the molecule is CCc1sc2nc(CCOC)n(Cc3cccc(F)c3)c(=O)c2c1-c1cccs1. The van der Waals surface area contributed by atoms with Crippen LogP contribution in [0.2, 0.25) is 0 Å². The Balaban J connectivity index is 1.95. The van der Waals surface area contributed by atoms with Gasteiger partial charge in [0.2, 0.25) is 0 Å². The molecule has 0 spiro atoms. The molecule has 0 aliphatic carbocycles. The van der Waals surface area contributed by atoms with E-state index in [-0.39, 0.29) is 17.9 Å². The van der Waals surface area contributed by atoms with Crippen LogP contribution in [0.4, 0.5) is 4.39 Å². The Bertz CT molecular complexity index is 1200. The van der Waals surface area contributed by atoms with Gasteiger partial charge in [-0.3, -0.25) is 9.36 Å². The van der Waals surface area contributed by atoms with Gasteiger partial charge >= 0.3 is 0 Å². The van der Waals surface area contributed by atoms with Crippen LogP contribution < -0.4 is 5.56 Å². The van der Waals surface area contributed by atoms with E-state index in [4.69, 9.17) is 9.72 Å². The van der Waals surface area contributed by atoms with Gasteiger partial charge in [-0.2, -0.15) is 0 Å². The molecule has 0 fully saturated rings. The molecule has 0 amide bonds. The van der Waals surface area contributed by atoms with E-state index in [0.29, 0.717) is 24.2 Å². The smallest absolute Gasteiger partial charge is 0.263 e. The van der Waals surface area contributed by atoms with Gasteiger partial charge in [0, 0.05) is 28.8 Å². The van der Waals surface area contributed by atoms with Crippen LogP contribution in [0.3, 0.4) is 0 Å². The number of nitrogens with zero attached hydrogens (tertiary/aromatic N) is 2. The van der Waals surface area contributed by atoms with Crippen molar-refractivity contribution in [2.45, 2.75) is 26.3 Å². The third-order valence-corrected chi connectivity index (χ3v) is 6.93. The number of methoxy groups -OCH3 is 1. The summed E-state index contributed by atoms with van der Waals surface area (Å²) in [7, 11) is 1.63. The maximum Gasteiger partial charge on any atom is 0.263 e. The fourth-order valence-corrected chi connectivity index (χ4v) is 5.47. The summed E-state index contributed by atoms with van der Waals surface area (Å²) in [4.78, 5) is 21.5. The lowest BCUT2D eigenvalue weighted by Crippen LogP contribution is -2.26. The molecule has 4 nitrogen and oxygen atoms in total. The molecule has 4 rings (SSSR count). The average molecular weight is 429 g/mol. The maximum atomic E-state index is 13.7. The molecule has 29 heavy (non-hydrogen) atoms. The first-order valence-electron chi connectivity index (χ1n) is 9.44. The molecule has 3 aromatic heterocycles. The van der Waals surface area contributed by atoms with E-state index in [1.165, 1.54) is 12.1 Å². The lowest BCUT2D eigenvalue weighted by atomic mass is 10.1. The Morgan fingerprint density at radius 2 is 2.10 bits per heavy atom. The van der Waals surface area contributed by atoms with Crippen molar-refractivity contribution in [3.05, 3.63) is 74.2 Å². The predicted octanol–water partition coefficient (Wildman–Crippen LogP) is 5.13. The molecule has 150 valence electrons. The number of halogens is 1. The molecule has 0 saturated carbocycles. The number of benzene rings is 1. The number of fused-ring (bicyclic) bond motifs is 1. The highest BCUT2D eigenvalue weighted by atomic mass is 32.1. The van der Waals surface area contributed by atoms with E-state index in [0.717, 1.165) is 32.1 Å². The molecule has 0 unspecified atom stereocenters. The van der Waals surface area contributed by atoms with E-state index in [2.05, 4.69) is 6.92 Å². The molecular formula is C22H21FN2O2S2. The lowest BCUT2D eigenvalue weighted by Gasteiger charge is -2.13. The zero-order valence-electron chi connectivity index (χ0n) is 16.3.